The fourth-order valence-corrected chi connectivity index (χ4v) is 1.46. The molecule has 0 bridgehead atoms. The lowest BCUT2D eigenvalue weighted by atomic mass is 10.3. The number of likely N-dealkylation sites (N-methyl/N-ethyl adjacent to an activating group) is 1. The molecule has 88 valence electrons. The molecule has 0 spiro atoms. The molecule has 0 saturated carbocycles. The number of hydrogen-bond donors (Lipinski definition) is 0. The summed E-state index contributed by atoms with van der Waals surface area (Å²) in [5.41, 5.74) is 0. The molecule has 0 unspecified atom stereocenters. The van der Waals surface area contributed by atoms with Crippen LogP contribution in [0.1, 0.15) is 34.1 Å². The van der Waals surface area contributed by atoms with Gasteiger partial charge in [0.1, 0.15) is 0 Å². The van der Waals surface area contributed by atoms with E-state index in [-0.39, 0.29) is 18.4 Å². The molecule has 4 nitrogen and oxygen atoms in total. The maximum atomic E-state index is 11.7. The van der Waals surface area contributed by atoms with Crippen molar-refractivity contribution in [2.75, 3.05) is 26.2 Å². The van der Waals surface area contributed by atoms with Crippen LogP contribution in [0.4, 0.5) is 0 Å². The van der Waals surface area contributed by atoms with E-state index in [9.17, 15) is 9.59 Å². The minimum absolute atomic E-state index is 0.0302. The monoisotopic (exact) mass is 214 g/mol. The van der Waals surface area contributed by atoms with Gasteiger partial charge in [-0.25, -0.2) is 0 Å². The third-order valence-corrected chi connectivity index (χ3v) is 2.38. The van der Waals surface area contributed by atoms with Gasteiger partial charge in [0.25, 0.3) is 0 Å². The maximum Gasteiger partial charge on any atom is 0.242 e. The molecule has 0 heterocycles. The lowest BCUT2D eigenvalue weighted by molar-refractivity contribution is -0.139. The molecule has 0 aliphatic carbocycles. The van der Waals surface area contributed by atoms with Crippen LogP contribution in [-0.4, -0.2) is 47.8 Å². The third kappa shape index (κ3) is 4.81. The summed E-state index contributed by atoms with van der Waals surface area (Å²) in [6.45, 7) is 9.66. The second-order valence-corrected chi connectivity index (χ2v) is 3.51. The second kappa shape index (κ2) is 7.26. The van der Waals surface area contributed by atoms with Gasteiger partial charge in [0.2, 0.25) is 11.8 Å². The van der Waals surface area contributed by atoms with Gasteiger partial charge in [0, 0.05) is 26.6 Å². The number of rotatable bonds is 6. The Morgan fingerprint density at radius 1 is 1.00 bits per heavy atom. The van der Waals surface area contributed by atoms with Crippen molar-refractivity contribution in [2.24, 2.45) is 0 Å². The number of nitrogens with zero attached hydrogens (tertiary/aromatic N) is 2. The largest absolute Gasteiger partial charge is 0.342 e. The van der Waals surface area contributed by atoms with E-state index >= 15 is 0 Å². The van der Waals surface area contributed by atoms with Gasteiger partial charge in [-0.2, -0.15) is 0 Å². The van der Waals surface area contributed by atoms with Crippen molar-refractivity contribution in [1.29, 1.82) is 0 Å². The van der Waals surface area contributed by atoms with E-state index in [1.165, 1.54) is 6.92 Å². The van der Waals surface area contributed by atoms with E-state index in [1.54, 1.807) is 9.80 Å². The Morgan fingerprint density at radius 2 is 1.53 bits per heavy atom. The van der Waals surface area contributed by atoms with Gasteiger partial charge >= 0.3 is 0 Å². The Hall–Kier alpha value is -1.06. The van der Waals surface area contributed by atoms with E-state index in [1.807, 2.05) is 20.8 Å². The highest BCUT2D eigenvalue weighted by Crippen LogP contribution is 1.96. The van der Waals surface area contributed by atoms with Gasteiger partial charge in [-0.1, -0.05) is 6.92 Å². The molecule has 0 atom stereocenters. The normalized spacial score (nSPS) is 9.87. The van der Waals surface area contributed by atoms with Gasteiger partial charge in [-0.15, -0.1) is 0 Å². The number of carbonyl (C=O) groups is 2. The van der Waals surface area contributed by atoms with E-state index in [2.05, 4.69) is 0 Å². The van der Waals surface area contributed by atoms with Crippen molar-refractivity contribution in [2.45, 2.75) is 34.1 Å². The fraction of sp³-hybridized carbons (Fsp3) is 0.818. The second-order valence-electron chi connectivity index (χ2n) is 3.51. The lowest BCUT2D eigenvalue weighted by Crippen LogP contribution is -2.42. The van der Waals surface area contributed by atoms with Gasteiger partial charge in [0.15, 0.2) is 0 Å². The van der Waals surface area contributed by atoms with Crippen LogP contribution in [0.2, 0.25) is 0 Å². The van der Waals surface area contributed by atoms with Gasteiger partial charge in [-0.3, -0.25) is 9.59 Å². The summed E-state index contributed by atoms with van der Waals surface area (Å²) >= 11 is 0. The summed E-state index contributed by atoms with van der Waals surface area (Å²) in [7, 11) is 0. The predicted octanol–water partition coefficient (Wildman–Crippen LogP) is 1.11. The quantitative estimate of drug-likeness (QED) is 0.664. The molecular weight excluding hydrogens is 192 g/mol. The summed E-state index contributed by atoms with van der Waals surface area (Å²) in [5, 5.41) is 0. The highest BCUT2D eigenvalue weighted by Gasteiger charge is 2.15. The van der Waals surface area contributed by atoms with Crippen molar-refractivity contribution in [3.63, 3.8) is 0 Å². The first-order valence-corrected chi connectivity index (χ1v) is 5.60. The molecule has 0 aromatic carbocycles. The van der Waals surface area contributed by atoms with E-state index in [4.69, 9.17) is 0 Å². The minimum Gasteiger partial charge on any atom is -0.342 e. The van der Waals surface area contributed by atoms with Gasteiger partial charge in [-0.05, 0) is 20.3 Å². The van der Waals surface area contributed by atoms with Gasteiger partial charge < -0.3 is 9.80 Å². The average molecular weight is 214 g/mol. The minimum atomic E-state index is -0.0302. The Labute approximate surface area is 92.2 Å². The number of hydrogen-bond acceptors (Lipinski definition) is 2. The van der Waals surface area contributed by atoms with Gasteiger partial charge in [0.05, 0.1) is 6.54 Å². The molecule has 4 heteroatoms. The smallest absolute Gasteiger partial charge is 0.242 e. The van der Waals surface area contributed by atoms with Crippen LogP contribution in [-0.2, 0) is 9.59 Å². The average Bonchev–Trinajstić information content (AvgIpc) is 2.18. The summed E-state index contributed by atoms with van der Waals surface area (Å²) in [6.07, 6.45) is 0.880. The van der Waals surface area contributed by atoms with Crippen LogP contribution in [0.25, 0.3) is 0 Å². The zero-order valence-corrected chi connectivity index (χ0v) is 10.2. The molecule has 0 aliphatic heterocycles. The fourth-order valence-electron chi connectivity index (χ4n) is 1.46. The maximum absolute atomic E-state index is 11.7. The predicted molar refractivity (Wildman–Crippen MR) is 60.5 cm³/mol. The van der Waals surface area contributed by atoms with Crippen molar-refractivity contribution in [3.05, 3.63) is 0 Å². The van der Waals surface area contributed by atoms with Crippen LogP contribution < -0.4 is 0 Å². The molecule has 0 N–H and O–H groups in total. The molecule has 0 aromatic heterocycles. The topological polar surface area (TPSA) is 40.6 Å². The van der Waals surface area contributed by atoms with E-state index in [0.29, 0.717) is 19.6 Å². The summed E-state index contributed by atoms with van der Waals surface area (Å²) in [6, 6.07) is 0. The van der Waals surface area contributed by atoms with Crippen LogP contribution in [0.15, 0.2) is 0 Å². The molecule has 0 saturated heterocycles. The molecule has 0 aliphatic rings. The highest BCUT2D eigenvalue weighted by atomic mass is 16.2. The van der Waals surface area contributed by atoms with Crippen molar-refractivity contribution < 1.29 is 9.59 Å². The zero-order valence-electron chi connectivity index (χ0n) is 10.2. The Balaban J connectivity index is 4.27. The highest BCUT2D eigenvalue weighted by molar-refractivity contribution is 5.83. The SMILES string of the molecule is CCCN(CC(=O)N(CC)CC)C(C)=O. The van der Waals surface area contributed by atoms with Crippen LogP contribution in [0.3, 0.4) is 0 Å². The van der Waals surface area contributed by atoms with E-state index < -0.39 is 0 Å². The number of carbonyl (C=O) groups excluding carboxylic acids is 2. The molecule has 2 amide bonds. The van der Waals surface area contributed by atoms with Crippen LogP contribution in [0.5, 0.6) is 0 Å². The van der Waals surface area contributed by atoms with Crippen LogP contribution in [0, 0.1) is 0 Å². The van der Waals surface area contributed by atoms with E-state index in [0.717, 1.165) is 6.42 Å². The zero-order chi connectivity index (χ0) is 11.8. The molecule has 0 aromatic rings. The first-order chi connectivity index (χ1) is 7.06. The summed E-state index contributed by atoms with van der Waals surface area (Å²) in [5.74, 6) is 0.000932. The Kier molecular flexibility index (Phi) is 6.75. The van der Waals surface area contributed by atoms with Crippen molar-refractivity contribution in [1.82, 2.24) is 9.80 Å². The van der Waals surface area contributed by atoms with Crippen LogP contribution >= 0.6 is 0 Å². The molecule has 0 rings (SSSR count). The summed E-state index contributed by atoms with van der Waals surface area (Å²) in [4.78, 5) is 26.3. The number of amides is 2. The standard InChI is InChI=1S/C11H22N2O2/c1-5-8-13(10(4)14)9-11(15)12(6-2)7-3/h5-9H2,1-4H3. The Morgan fingerprint density at radius 3 is 1.87 bits per heavy atom. The summed E-state index contributed by atoms with van der Waals surface area (Å²) < 4.78 is 0. The first kappa shape index (κ1) is 13.9. The molecule has 0 radical (unpaired) electrons. The lowest BCUT2D eigenvalue weighted by Gasteiger charge is -2.24. The molecule has 0 fully saturated rings. The Bertz CT molecular complexity index is 213. The molecule has 15 heavy (non-hydrogen) atoms. The molecular formula is C11H22N2O2. The third-order valence-electron chi connectivity index (χ3n) is 2.38. The van der Waals surface area contributed by atoms with Crippen molar-refractivity contribution in [3.8, 4) is 0 Å². The first-order valence-electron chi connectivity index (χ1n) is 5.60. The van der Waals surface area contributed by atoms with Crippen molar-refractivity contribution >= 4 is 11.8 Å².